The van der Waals surface area contributed by atoms with Crippen LogP contribution in [0.15, 0.2) is 29.1 Å². The van der Waals surface area contributed by atoms with Crippen molar-refractivity contribution in [3.8, 4) is 5.75 Å². The number of nitrogens with zero attached hydrogens (tertiary/aromatic N) is 2. The number of thiophene rings is 1. The number of benzene rings is 1. The lowest BCUT2D eigenvalue weighted by molar-refractivity contribution is -0.0498. The molecule has 1 aliphatic rings. The zero-order valence-electron chi connectivity index (χ0n) is 14.3. The van der Waals surface area contributed by atoms with E-state index < -0.39 is 6.61 Å². The Labute approximate surface area is 152 Å². The van der Waals surface area contributed by atoms with Gasteiger partial charge >= 0.3 is 6.61 Å². The molecular formula is C19H16F2N2O2S. The summed E-state index contributed by atoms with van der Waals surface area (Å²) < 4.78 is 30.6. The van der Waals surface area contributed by atoms with E-state index in [0.29, 0.717) is 24.2 Å². The van der Waals surface area contributed by atoms with E-state index >= 15 is 0 Å². The van der Waals surface area contributed by atoms with Crippen LogP contribution in [0.2, 0.25) is 0 Å². The van der Waals surface area contributed by atoms with Crippen molar-refractivity contribution in [3.63, 3.8) is 0 Å². The Hall–Kier alpha value is -2.54. The third-order valence-electron chi connectivity index (χ3n) is 4.63. The van der Waals surface area contributed by atoms with E-state index in [1.807, 2.05) is 19.9 Å². The molecule has 3 aromatic rings. The normalized spacial score (nSPS) is 15.2. The summed E-state index contributed by atoms with van der Waals surface area (Å²) in [7, 11) is 0. The first-order valence-corrected chi connectivity index (χ1v) is 9.02. The van der Waals surface area contributed by atoms with Crippen molar-refractivity contribution in [1.29, 1.82) is 0 Å². The second-order valence-corrected chi connectivity index (χ2v) is 7.43. The van der Waals surface area contributed by atoms with Gasteiger partial charge in [0, 0.05) is 11.4 Å². The fourth-order valence-electron chi connectivity index (χ4n) is 3.21. The van der Waals surface area contributed by atoms with Crippen molar-refractivity contribution in [2.75, 3.05) is 0 Å². The number of hydrogen-bond donors (Lipinski definition) is 0. The smallest absolute Gasteiger partial charge is 0.387 e. The van der Waals surface area contributed by atoms with Crippen molar-refractivity contribution in [2.45, 2.75) is 33.4 Å². The van der Waals surface area contributed by atoms with Gasteiger partial charge < -0.3 is 4.74 Å². The number of allylic oxidation sites excluding steroid dienone is 1. The minimum absolute atomic E-state index is 0.0101. The van der Waals surface area contributed by atoms with Gasteiger partial charge in [-0.05, 0) is 55.2 Å². The predicted molar refractivity (Wildman–Crippen MR) is 98.9 cm³/mol. The summed E-state index contributed by atoms with van der Waals surface area (Å²) >= 11 is 1.54. The van der Waals surface area contributed by atoms with E-state index in [1.165, 1.54) is 23.5 Å². The number of rotatable bonds is 3. The summed E-state index contributed by atoms with van der Waals surface area (Å²) in [5.41, 5.74) is 2.83. The Morgan fingerprint density at radius 2 is 2.00 bits per heavy atom. The van der Waals surface area contributed by atoms with Crippen LogP contribution in [0, 0.1) is 13.8 Å². The average molecular weight is 374 g/mol. The van der Waals surface area contributed by atoms with Crippen LogP contribution >= 0.6 is 11.3 Å². The summed E-state index contributed by atoms with van der Waals surface area (Å²) in [6.07, 6.45) is 2.66. The monoisotopic (exact) mass is 374 g/mol. The molecule has 0 bridgehead atoms. The molecule has 4 rings (SSSR count). The van der Waals surface area contributed by atoms with Crippen molar-refractivity contribution in [1.82, 2.24) is 9.55 Å². The van der Waals surface area contributed by atoms with Crippen molar-refractivity contribution in [3.05, 3.63) is 56.4 Å². The van der Waals surface area contributed by atoms with Gasteiger partial charge in [-0.2, -0.15) is 8.78 Å². The second kappa shape index (κ2) is 6.32. The number of ether oxygens (including phenoxy) is 1. The summed E-state index contributed by atoms with van der Waals surface area (Å²) in [5.74, 6) is 0.811. The standard InChI is InChI=1S/C19H16F2N2O2S/c1-10-11(2)26-17-15(10)18(24)23-8-7-13(16(23)22-17)9-12-3-5-14(6-4-12)25-19(20)21/h3-6,9,19H,7-8H2,1-2H3/b13-9-. The van der Waals surface area contributed by atoms with Crippen LogP contribution < -0.4 is 10.3 Å². The molecule has 0 radical (unpaired) electrons. The number of halogens is 2. The Morgan fingerprint density at radius 3 is 2.69 bits per heavy atom. The van der Waals surface area contributed by atoms with Gasteiger partial charge in [-0.15, -0.1) is 11.3 Å². The van der Waals surface area contributed by atoms with Gasteiger partial charge in [-0.25, -0.2) is 4.98 Å². The molecule has 134 valence electrons. The van der Waals surface area contributed by atoms with Crippen LogP contribution in [0.1, 0.15) is 28.2 Å². The fourth-order valence-corrected chi connectivity index (χ4v) is 4.23. The van der Waals surface area contributed by atoms with E-state index in [9.17, 15) is 13.6 Å². The maximum atomic E-state index is 12.8. The topological polar surface area (TPSA) is 44.1 Å². The molecule has 4 nitrogen and oxygen atoms in total. The molecule has 0 amide bonds. The molecule has 2 aromatic heterocycles. The van der Waals surface area contributed by atoms with Gasteiger partial charge in [0.05, 0.1) is 5.39 Å². The summed E-state index contributed by atoms with van der Waals surface area (Å²) in [4.78, 5) is 19.4. The number of alkyl halides is 2. The minimum Gasteiger partial charge on any atom is -0.435 e. The molecule has 0 fully saturated rings. The number of aryl methyl sites for hydroxylation is 2. The third kappa shape index (κ3) is 2.82. The fraction of sp³-hybridized carbons (Fsp3) is 0.263. The van der Waals surface area contributed by atoms with Crippen LogP contribution in [-0.2, 0) is 6.54 Å². The highest BCUT2D eigenvalue weighted by Crippen LogP contribution is 2.32. The molecule has 7 heteroatoms. The molecular weight excluding hydrogens is 358 g/mol. The molecule has 0 N–H and O–H groups in total. The molecule has 3 heterocycles. The minimum atomic E-state index is -2.84. The van der Waals surface area contributed by atoms with Crippen molar-refractivity contribution in [2.24, 2.45) is 0 Å². The van der Waals surface area contributed by atoms with Crippen molar-refractivity contribution >= 4 is 33.2 Å². The van der Waals surface area contributed by atoms with Crippen LogP contribution in [0.3, 0.4) is 0 Å². The lowest BCUT2D eigenvalue weighted by atomic mass is 10.1. The molecule has 0 aliphatic carbocycles. The summed E-state index contributed by atoms with van der Waals surface area (Å²) in [5, 5.41) is 0.714. The lowest BCUT2D eigenvalue weighted by Crippen LogP contribution is -2.20. The van der Waals surface area contributed by atoms with Gasteiger partial charge in [0.2, 0.25) is 0 Å². The van der Waals surface area contributed by atoms with Gasteiger partial charge in [-0.3, -0.25) is 9.36 Å². The van der Waals surface area contributed by atoms with Crippen LogP contribution in [-0.4, -0.2) is 16.2 Å². The van der Waals surface area contributed by atoms with Crippen LogP contribution in [0.5, 0.6) is 5.75 Å². The van der Waals surface area contributed by atoms with Crippen LogP contribution in [0.4, 0.5) is 8.78 Å². The first-order valence-electron chi connectivity index (χ1n) is 8.20. The first kappa shape index (κ1) is 16.9. The zero-order valence-corrected chi connectivity index (χ0v) is 15.1. The summed E-state index contributed by atoms with van der Waals surface area (Å²) in [6.45, 7) is 1.72. The number of aromatic nitrogens is 2. The largest absolute Gasteiger partial charge is 0.435 e. The zero-order chi connectivity index (χ0) is 18.4. The quantitative estimate of drug-likeness (QED) is 0.672. The highest BCUT2D eigenvalue weighted by atomic mass is 32.1. The molecule has 0 unspecified atom stereocenters. The van der Waals surface area contributed by atoms with Gasteiger partial charge in [0.1, 0.15) is 16.4 Å². The molecule has 1 aromatic carbocycles. The van der Waals surface area contributed by atoms with E-state index in [1.54, 1.807) is 16.7 Å². The maximum Gasteiger partial charge on any atom is 0.387 e. The van der Waals surface area contributed by atoms with Gasteiger partial charge in [0.15, 0.2) is 0 Å². The SMILES string of the molecule is Cc1sc2nc3n(c(=O)c2c1C)CC/C3=C/c1ccc(OC(F)F)cc1. The van der Waals surface area contributed by atoms with E-state index in [2.05, 4.69) is 4.74 Å². The molecule has 1 aliphatic heterocycles. The maximum absolute atomic E-state index is 12.8. The Morgan fingerprint density at radius 1 is 1.27 bits per heavy atom. The second-order valence-electron chi connectivity index (χ2n) is 6.22. The highest BCUT2D eigenvalue weighted by Gasteiger charge is 2.23. The Balaban J connectivity index is 1.74. The Kier molecular flexibility index (Phi) is 4.11. The molecule has 0 atom stereocenters. The number of hydrogen-bond acceptors (Lipinski definition) is 4. The summed E-state index contributed by atoms with van der Waals surface area (Å²) in [6, 6.07) is 6.43. The van der Waals surface area contributed by atoms with Crippen molar-refractivity contribution < 1.29 is 13.5 Å². The van der Waals surface area contributed by atoms with Gasteiger partial charge in [-0.1, -0.05) is 12.1 Å². The van der Waals surface area contributed by atoms with E-state index in [0.717, 1.165) is 26.4 Å². The predicted octanol–water partition coefficient (Wildman–Crippen LogP) is 4.62. The lowest BCUT2D eigenvalue weighted by Gasteiger charge is -2.05. The highest BCUT2D eigenvalue weighted by molar-refractivity contribution is 7.18. The van der Waals surface area contributed by atoms with E-state index in [-0.39, 0.29) is 11.3 Å². The molecule has 26 heavy (non-hydrogen) atoms. The van der Waals surface area contributed by atoms with E-state index in [4.69, 9.17) is 4.98 Å². The third-order valence-corrected chi connectivity index (χ3v) is 5.73. The van der Waals surface area contributed by atoms with Crippen LogP contribution in [0.25, 0.3) is 21.9 Å². The van der Waals surface area contributed by atoms with Gasteiger partial charge in [0.25, 0.3) is 5.56 Å². The number of fused-ring (bicyclic) bond motifs is 2. The Bertz CT molecular complexity index is 1080. The first-order chi connectivity index (χ1) is 12.4. The molecule has 0 spiro atoms. The average Bonchev–Trinajstić information content (AvgIpc) is 3.11. The molecule has 0 saturated carbocycles. The molecule has 0 saturated heterocycles.